The van der Waals surface area contributed by atoms with Crippen LogP contribution in [0.25, 0.3) is 23.2 Å². The summed E-state index contributed by atoms with van der Waals surface area (Å²) in [6, 6.07) is 11.7. The maximum Gasteiger partial charge on any atom is 0.250 e. The van der Waals surface area contributed by atoms with Crippen molar-refractivity contribution in [1.29, 1.82) is 0 Å². The highest BCUT2D eigenvalue weighted by molar-refractivity contribution is 7.89. The number of carbonyl (C=O) groups excluding carboxylic acids is 1. The summed E-state index contributed by atoms with van der Waals surface area (Å²) < 4.78 is 41.4. The van der Waals surface area contributed by atoms with E-state index in [9.17, 15) is 17.6 Å². The van der Waals surface area contributed by atoms with Gasteiger partial charge in [0.15, 0.2) is 5.82 Å². The average Bonchev–Trinajstić information content (AvgIpc) is 3.41. The molecule has 1 atom stereocenters. The molecule has 1 aromatic heterocycles. The summed E-state index contributed by atoms with van der Waals surface area (Å²) in [5.74, 6) is -0.200. The number of hydrogen-bond donors (Lipinski definition) is 1. The molecule has 2 N–H and O–H groups in total. The van der Waals surface area contributed by atoms with E-state index < -0.39 is 22.1 Å². The Kier molecular flexibility index (Phi) is 6.13. The number of benzene rings is 2. The fourth-order valence-corrected chi connectivity index (χ4v) is 5.33. The van der Waals surface area contributed by atoms with Crippen molar-refractivity contribution in [3.8, 4) is 11.4 Å². The molecule has 4 rings (SSSR count). The van der Waals surface area contributed by atoms with Crippen molar-refractivity contribution < 1.29 is 17.6 Å². The molecule has 10 heteroatoms. The number of amides is 1. The van der Waals surface area contributed by atoms with Crippen LogP contribution in [0.1, 0.15) is 23.1 Å². The van der Waals surface area contributed by atoms with Gasteiger partial charge in [0.05, 0.1) is 10.5 Å². The number of primary amides is 1. The van der Waals surface area contributed by atoms with Crippen molar-refractivity contribution in [3.05, 3.63) is 65.5 Å². The van der Waals surface area contributed by atoms with Crippen molar-refractivity contribution in [1.82, 2.24) is 19.1 Å². The number of nitrogens with zero attached hydrogens (tertiary/aromatic N) is 4. The summed E-state index contributed by atoms with van der Waals surface area (Å²) in [6.45, 7) is 3.97. The van der Waals surface area contributed by atoms with Gasteiger partial charge >= 0.3 is 0 Å². The van der Waals surface area contributed by atoms with Crippen molar-refractivity contribution in [3.63, 3.8) is 0 Å². The van der Waals surface area contributed by atoms with Crippen LogP contribution in [-0.2, 0) is 14.8 Å². The van der Waals surface area contributed by atoms with Gasteiger partial charge in [-0.3, -0.25) is 4.79 Å². The molecule has 8 nitrogen and oxygen atoms in total. The van der Waals surface area contributed by atoms with E-state index >= 15 is 0 Å². The molecule has 0 spiro atoms. The van der Waals surface area contributed by atoms with Gasteiger partial charge in [0.2, 0.25) is 10.0 Å². The molecule has 0 saturated carbocycles. The molecule has 1 amide bonds. The lowest BCUT2D eigenvalue weighted by atomic mass is 10.1. The van der Waals surface area contributed by atoms with Crippen LogP contribution in [0.5, 0.6) is 0 Å². The first-order valence-electron chi connectivity index (χ1n) is 10.4. The maximum absolute atomic E-state index is 13.5. The second-order valence-electron chi connectivity index (χ2n) is 8.10. The Morgan fingerprint density at radius 1 is 1.15 bits per heavy atom. The largest absolute Gasteiger partial charge is 0.366 e. The molecule has 1 aliphatic rings. The number of aromatic nitrogens is 3. The number of rotatable bonds is 6. The Hall–Kier alpha value is -3.37. The summed E-state index contributed by atoms with van der Waals surface area (Å²) in [7, 11) is -3.80. The third-order valence-electron chi connectivity index (χ3n) is 5.41. The minimum Gasteiger partial charge on any atom is -0.366 e. The topological polar surface area (TPSA) is 111 Å². The van der Waals surface area contributed by atoms with Crippen molar-refractivity contribution >= 4 is 27.7 Å². The number of sulfonamides is 1. The standard InChI is InChI=1S/C23H24FN5O3S/c1-15-9-16(2)11-18(10-15)23-26-14-28(27-23)13-21(22(25)30)17-3-5-20(6-4-17)33(31,32)29-8-7-19(24)12-29/h3-6,9-11,13-14,19H,7-8,12H2,1-2H3,(H2,25,30)/b21-13+/t19-/m1/s1. The van der Waals surface area contributed by atoms with Crippen LogP contribution in [0.4, 0.5) is 4.39 Å². The van der Waals surface area contributed by atoms with E-state index in [4.69, 9.17) is 5.73 Å². The van der Waals surface area contributed by atoms with Gasteiger partial charge in [-0.2, -0.15) is 4.31 Å². The molecule has 172 valence electrons. The summed E-state index contributed by atoms with van der Waals surface area (Å²) in [6.07, 6.45) is 1.95. The molecule has 1 aliphatic heterocycles. The van der Waals surface area contributed by atoms with E-state index in [1.807, 2.05) is 26.0 Å². The highest BCUT2D eigenvalue weighted by Crippen LogP contribution is 2.25. The van der Waals surface area contributed by atoms with Crippen LogP contribution in [0.15, 0.2) is 53.7 Å². The first kappa shape index (κ1) is 22.8. The summed E-state index contributed by atoms with van der Waals surface area (Å²) >= 11 is 0. The van der Waals surface area contributed by atoms with Crippen LogP contribution in [0.3, 0.4) is 0 Å². The first-order valence-corrected chi connectivity index (χ1v) is 11.8. The molecule has 3 aromatic rings. The van der Waals surface area contributed by atoms with E-state index in [1.165, 1.54) is 41.5 Å². The minimum absolute atomic E-state index is 0.0297. The van der Waals surface area contributed by atoms with E-state index in [2.05, 4.69) is 16.1 Å². The Bertz CT molecular complexity index is 1310. The smallest absolute Gasteiger partial charge is 0.250 e. The Morgan fingerprint density at radius 3 is 2.39 bits per heavy atom. The lowest BCUT2D eigenvalue weighted by Crippen LogP contribution is -2.29. The predicted octanol–water partition coefficient (Wildman–Crippen LogP) is 2.78. The molecule has 0 aliphatic carbocycles. The highest BCUT2D eigenvalue weighted by atomic mass is 32.2. The number of aryl methyl sites for hydroxylation is 2. The number of alkyl halides is 1. The van der Waals surface area contributed by atoms with Gasteiger partial charge in [-0.15, -0.1) is 5.10 Å². The zero-order valence-electron chi connectivity index (χ0n) is 18.3. The lowest BCUT2D eigenvalue weighted by Gasteiger charge is -2.15. The molecule has 2 heterocycles. The van der Waals surface area contributed by atoms with Crippen LogP contribution in [0.2, 0.25) is 0 Å². The van der Waals surface area contributed by atoms with Gasteiger partial charge in [0.25, 0.3) is 5.91 Å². The molecule has 33 heavy (non-hydrogen) atoms. The molecular formula is C23H24FN5O3S. The summed E-state index contributed by atoms with van der Waals surface area (Å²) in [5, 5.41) is 4.41. The number of carbonyl (C=O) groups is 1. The van der Waals surface area contributed by atoms with E-state index in [0.717, 1.165) is 21.0 Å². The molecular weight excluding hydrogens is 445 g/mol. The van der Waals surface area contributed by atoms with Gasteiger partial charge in [-0.25, -0.2) is 22.5 Å². The Labute approximate surface area is 191 Å². The quantitative estimate of drug-likeness (QED) is 0.558. The summed E-state index contributed by atoms with van der Waals surface area (Å²) in [5.41, 5.74) is 9.16. The van der Waals surface area contributed by atoms with Crippen molar-refractivity contribution in [2.24, 2.45) is 5.73 Å². The van der Waals surface area contributed by atoms with E-state index in [0.29, 0.717) is 11.4 Å². The van der Waals surface area contributed by atoms with Gasteiger partial charge in [-0.1, -0.05) is 29.3 Å². The average molecular weight is 470 g/mol. The monoisotopic (exact) mass is 469 g/mol. The highest BCUT2D eigenvalue weighted by Gasteiger charge is 2.32. The molecule has 0 radical (unpaired) electrons. The zero-order chi connectivity index (χ0) is 23.8. The van der Waals surface area contributed by atoms with Gasteiger partial charge < -0.3 is 5.73 Å². The van der Waals surface area contributed by atoms with Gasteiger partial charge in [0.1, 0.15) is 12.5 Å². The van der Waals surface area contributed by atoms with Crippen molar-refractivity contribution in [2.45, 2.75) is 31.3 Å². The maximum atomic E-state index is 13.5. The second kappa shape index (κ2) is 8.87. The number of halogens is 1. The van der Waals surface area contributed by atoms with Crippen LogP contribution < -0.4 is 5.73 Å². The van der Waals surface area contributed by atoms with E-state index in [-0.39, 0.29) is 30.0 Å². The van der Waals surface area contributed by atoms with E-state index in [1.54, 1.807) is 0 Å². The lowest BCUT2D eigenvalue weighted by molar-refractivity contribution is -0.112. The van der Waals surface area contributed by atoms with Gasteiger partial charge in [-0.05, 0) is 50.1 Å². The van der Waals surface area contributed by atoms with Crippen molar-refractivity contribution in [2.75, 3.05) is 13.1 Å². The summed E-state index contributed by atoms with van der Waals surface area (Å²) in [4.78, 5) is 16.5. The van der Waals surface area contributed by atoms with Crippen LogP contribution in [-0.4, -0.2) is 52.7 Å². The fourth-order valence-electron chi connectivity index (χ4n) is 3.85. The second-order valence-corrected chi connectivity index (χ2v) is 10.0. The molecule has 2 aromatic carbocycles. The SMILES string of the molecule is Cc1cc(C)cc(-c2ncn(/C=C(/C(N)=O)c3ccc(S(=O)(=O)N4CC[C@@H](F)C4)cc3)n2)c1. The molecule has 0 bridgehead atoms. The number of hydrogen-bond acceptors (Lipinski definition) is 5. The predicted molar refractivity (Wildman–Crippen MR) is 123 cm³/mol. The van der Waals surface area contributed by atoms with Crippen LogP contribution in [0, 0.1) is 13.8 Å². The minimum atomic E-state index is -3.80. The first-order chi connectivity index (χ1) is 15.6. The fraction of sp³-hybridized carbons (Fsp3) is 0.261. The molecule has 1 saturated heterocycles. The molecule has 0 unspecified atom stereocenters. The number of nitrogens with two attached hydrogens (primary N) is 1. The van der Waals surface area contributed by atoms with Gasteiger partial charge in [0, 0.05) is 24.9 Å². The molecule has 1 fully saturated rings. The zero-order valence-corrected chi connectivity index (χ0v) is 19.1. The Balaban J connectivity index is 1.62. The third kappa shape index (κ3) is 4.86. The Morgan fingerprint density at radius 2 is 1.82 bits per heavy atom. The third-order valence-corrected chi connectivity index (χ3v) is 7.29. The normalized spacial score (nSPS) is 17.4. The van der Waals surface area contributed by atoms with Crippen LogP contribution >= 0.6 is 0 Å².